The molecule has 2 unspecified atom stereocenters. The Labute approximate surface area is 225 Å². The topological polar surface area (TPSA) is 36.3 Å². The quantitative estimate of drug-likeness (QED) is 0.361. The normalized spacial score (nSPS) is 20.9. The van der Waals surface area contributed by atoms with Gasteiger partial charge in [0, 0.05) is 42.4 Å². The van der Waals surface area contributed by atoms with Gasteiger partial charge in [0.2, 0.25) is 0 Å². The lowest BCUT2D eigenvalue weighted by Crippen LogP contribution is -2.33. The molecule has 2 aromatic heterocycles. The van der Waals surface area contributed by atoms with E-state index in [1.165, 1.54) is 29.8 Å². The van der Waals surface area contributed by atoms with E-state index in [2.05, 4.69) is 84.6 Å². The zero-order valence-electron chi connectivity index (χ0n) is 21.8. The minimum absolute atomic E-state index is 0.0381. The number of pyridine rings is 1. The Balaban J connectivity index is 1.57. The van der Waals surface area contributed by atoms with Crippen molar-refractivity contribution >= 4 is 40.3 Å². The molecule has 7 heteroatoms. The van der Waals surface area contributed by atoms with E-state index < -0.39 is 0 Å². The van der Waals surface area contributed by atoms with Crippen molar-refractivity contribution in [2.45, 2.75) is 65.6 Å². The van der Waals surface area contributed by atoms with Crippen molar-refractivity contribution in [3.05, 3.63) is 76.3 Å². The molecule has 0 amide bonds. The second-order valence-electron chi connectivity index (χ2n) is 10.6. The lowest BCUT2D eigenvalue weighted by Gasteiger charge is -2.33. The third kappa shape index (κ3) is 4.50. The largest absolute Gasteiger partial charge is 0.370 e. The lowest BCUT2D eigenvalue weighted by atomic mass is 9.96. The third-order valence-corrected chi connectivity index (χ3v) is 8.41. The van der Waals surface area contributed by atoms with Crippen LogP contribution in [0.25, 0.3) is 0 Å². The van der Waals surface area contributed by atoms with Crippen LogP contribution in [0.15, 0.2) is 48.7 Å². The Morgan fingerprint density at radius 2 is 1.83 bits per heavy atom. The molecule has 5 rings (SSSR count). The Morgan fingerprint density at radius 1 is 1.08 bits per heavy atom. The second kappa shape index (κ2) is 10.1. The number of halogens is 1. The predicted octanol–water partition coefficient (Wildman–Crippen LogP) is 7.15. The summed E-state index contributed by atoms with van der Waals surface area (Å²) in [6, 6.07) is 15.1. The molecule has 0 saturated carbocycles. The summed E-state index contributed by atoms with van der Waals surface area (Å²) in [7, 11) is 0. The van der Waals surface area contributed by atoms with E-state index >= 15 is 0 Å². The van der Waals surface area contributed by atoms with Crippen LogP contribution in [0.4, 0.5) is 11.4 Å². The van der Waals surface area contributed by atoms with Crippen LogP contribution in [-0.4, -0.2) is 27.8 Å². The number of anilines is 2. The minimum Gasteiger partial charge on any atom is -0.370 e. The zero-order valence-corrected chi connectivity index (χ0v) is 23.4. The van der Waals surface area contributed by atoms with Gasteiger partial charge in [0.1, 0.15) is 0 Å². The fourth-order valence-electron chi connectivity index (χ4n) is 6.00. The summed E-state index contributed by atoms with van der Waals surface area (Å²) in [6.45, 7) is 13.3. The van der Waals surface area contributed by atoms with Crippen LogP contribution < -0.4 is 15.1 Å². The second-order valence-corrected chi connectivity index (χ2v) is 11.4. The van der Waals surface area contributed by atoms with Crippen LogP contribution >= 0.6 is 23.8 Å². The summed E-state index contributed by atoms with van der Waals surface area (Å²) in [5.74, 6) is 0.779. The first-order chi connectivity index (χ1) is 17.3. The molecule has 4 heterocycles. The molecule has 2 aliphatic rings. The van der Waals surface area contributed by atoms with Crippen LogP contribution in [0.5, 0.6) is 0 Å². The van der Waals surface area contributed by atoms with E-state index in [4.69, 9.17) is 28.8 Å². The summed E-state index contributed by atoms with van der Waals surface area (Å²) in [6.07, 6.45) is 4.26. The van der Waals surface area contributed by atoms with Crippen LogP contribution in [0.3, 0.4) is 0 Å². The van der Waals surface area contributed by atoms with Crippen LogP contribution in [-0.2, 0) is 0 Å². The van der Waals surface area contributed by atoms with Gasteiger partial charge >= 0.3 is 0 Å². The molecular weight excluding hydrogens is 486 g/mol. The van der Waals surface area contributed by atoms with Gasteiger partial charge in [-0.15, -0.1) is 0 Å². The average molecular weight is 522 g/mol. The first kappa shape index (κ1) is 25.1. The van der Waals surface area contributed by atoms with Gasteiger partial charge in [0.25, 0.3) is 0 Å². The molecule has 3 aromatic rings. The van der Waals surface area contributed by atoms with Gasteiger partial charge in [-0.05, 0) is 101 Å². The first-order valence-corrected chi connectivity index (χ1v) is 13.8. The molecule has 2 aliphatic heterocycles. The monoisotopic (exact) mass is 521 g/mol. The molecule has 5 nitrogen and oxygen atoms in total. The highest BCUT2D eigenvalue weighted by atomic mass is 35.5. The molecule has 2 atom stereocenters. The van der Waals surface area contributed by atoms with Gasteiger partial charge in [-0.25, -0.2) is 0 Å². The van der Waals surface area contributed by atoms with Crippen molar-refractivity contribution in [3.8, 4) is 0 Å². The van der Waals surface area contributed by atoms with E-state index in [1.807, 2.05) is 18.3 Å². The number of nitrogens with one attached hydrogen (secondary N) is 1. The predicted molar refractivity (Wildman–Crippen MR) is 154 cm³/mol. The van der Waals surface area contributed by atoms with Crippen LogP contribution in [0.2, 0.25) is 5.02 Å². The summed E-state index contributed by atoms with van der Waals surface area (Å²) in [5.41, 5.74) is 6.87. The van der Waals surface area contributed by atoms with Crippen LogP contribution in [0, 0.1) is 19.8 Å². The van der Waals surface area contributed by atoms with Gasteiger partial charge in [-0.1, -0.05) is 24.6 Å². The lowest BCUT2D eigenvalue weighted by molar-refractivity contribution is 0.438. The number of piperidine rings is 1. The van der Waals surface area contributed by atoms with E-state index in [-0.39, 0.29) is 12.1 Å². The van der Waals surface area contributed by atoms with Crippen molar-refractivity contribution in [1.82, 2.24) is 14.9 Å². The Bertz CT molecular complexity index is 1250. The molecule has 0 aliphatic carbocycles. The molecule has 1 N–H and O–H groups in total. The van der Waals surface area contributed by atoms with E-state index in [9.17, 15) is 0 Å². The summed E-state index contributed by atoms with van der Waals surface area (Å²) >= 11 is 12.9. The van der Waals surface area contributed by atoms with E-state index in [0.717, 1.165) is 41.1 Å². The maximum absolute atomic E-state index is 6.93. The highest BCUT2D eigenvalue weighted by Crippen LogP contribution is 2.45. The molecule has 1 aromatic carbocycles. The SMILES string of the molecule is Cc1cc(C2C(c3ccccn3)NC(=S)N2c2ccc(N3CCC(C)CC3)c(Cl)c2)c(C)n1C(C)C. The Kier molecular flexibility index (Phi) is 7.01. The van der Waals surface area contributed by atoms with Crippen molar-refractivity contribution in [1.29, 1.82) is 0 Å². The maximum Gasteiger partial charge on any atom is 0.174 e. The minimum atomic E-state index is -0.0677. The number of benzene rings is 1. The first-order valence-electron chi connectivity index (χ1n) is 13.0. The standard InChI is InChI=1S/C29H36ClN5S/c1-18(2)34-20(4)16-23(21(34)5)28-27(25-8-6-7-13-31-25)32-29(36)35(28)22-9-10-26(24(30)17-22)33-14-11-19(3)12-15-33/h6-10,13,16-19,27-28H,11-12,14-15H2,1-5H3,(H,32,36). The summed E-state index contributed by atoms with van der Waals surface area (Å²) in [4.78, 5) is 9.35. The van der Waals surface area contributed by atoms with Gasteiger partial charge in [0.15, 0.2) is 5.11 Å². The van der Waals surface area contributed by atoms with Gasteiger partial charge < -0.3 is 19.7 Å². The molecule has 2 saturated heterocycles. The summed E-state index contributed by atoms with van der Waals surface area (Å²) < 4.78 is 2.40. The van der Waals surface area contributed by atoms with E-state index in [1.54, 1.807) is 0 Å². The number of aromatic nitrogens is 2. The van der Waals surface area contributed by atoms with Crippen molar-refractivity contribution in [3.63, 3.8) is 0 Å². The molecular formula is C29H36ClN5S. The number of hydrogen-bond acceptors (Lipinski definition) is 3. The van der Waals surface area contributed by atoms with Crippen molar-refractivity contribution in [2.24, 2.45) is 5.92 Å². The zero-order chi connectivity index (χ0) is 25.6. The van der Waals surface area contributed by atoms with Gasteiger partial charge in [0.05, 0.1) is 28.5 Å². The number of nitrogens with zero attached hydrogens (tertiary/aromatic N) is 4. The Hall–Kier alpha value is -2.57. The van der Waals surface area contributed by atoms with Crippen molar-refractivity contribution < 1.29 is 0 Å². The molecule has 2 fully saturated rings. The number of rotatable bonds is 5. The molecule has 0 spiro atoms. The van der Waals surface area contributed by atoms with E-state index in [0.29, 0.717) is 11.2 Å². The molecule has 0 bridgehead atoms. The third-order valence-electron chi connectivity index (χ3n) is 7.79. The van der Waals surface area contributed by atoms with Gasteiger partial charge in [-0.3, -0.25) is 4.98 Å². The number of hydrogen-bond donors (Lipinski definition) is 1. The average Bonchev–Trinajstić information content (AvgIpc) is 3.35. The van der Waals surface area contributed by atoms with Gasteiger partial charge in [-0.2, -0.15) is 0 Å². The number of thiocarbonyl (C=S) groups is 1. The molecule has 36 heavy (non-hydrogen) atoms. The summed E-state index contributed by atoms with van der Waals surface area (Å²) in [5, 5.41) is 5.06. The molecule has 190 valence electrons. The molecule has 0 radical (unpaired) electrons. The highest BCUT2D eigenvalue weighted by Gasteiger charge is 2.42. The maximum atomic E-state index is 6.93. The smallest absolute Gasteiger partial charge is 0.174 e. The number of aryl methyl sites for hydroxylation is 1. The van der Waals surface area contributed by atoms with Crippen LogP contribution in [0.1, 0.15) is 74.4 Å². The highest BCUT2D eigenvalue weighted by molar-refractivity contribution is 7.80. The fourth-order valence-corrected chi connectivity index (χ4v) is 6.64. The van der Waals surface area contributed by atoms with Crippen molar-refractivity contribution in [2.75, 3.05) is 22.9 Å². The fraction of sp³-hybridized carbons (Fsp3) is 0.448. The Morgan fingerprint density at radius 3 is 2.44 bits per heavy atom.